The molecule has 2 N–H and O–H groups in total. The van der Waals surface area contributed by atoms with E-state index in [0.717, 1.165) is 31.5 Å². The smallest absolute Gasteiger partial charge is 0.176 e. The van der Waals surface area contributed by atoms with Crippen molar-refractivity contribution in [3.05, 3.63) is 170 Å². The molecule has 2 aliphatic heterocycles. The van der Waals surface area contributed by atoms with Crippen LogP contribution in [0.4, 0.5) is 17.6 Å². The zero-order valence-corrected chi connectivity index (χ0v) is 32.1. The van der Waals surface area contributed by atoms with Crippen molar-refractivity contribution in [3.8, 4) is 28.0 Å². The number of aromatic amines is 2. The molecule has 274 valence electrons. The number of hydrogen-bond acceptors (Lipinski definition) is 4. The minimum absolute atomic E-state index is 0.119. The van der Waals surface area contributed by atoms with Crippen molar-refractivity contribution in [1.29, 1.82) is 0 Å². The predicted octanol–water partition coefficient (Wildman–Crippen LogP) is 12.9. The second-order valence-electron chi connectivity index (χ2n) is 13.0. The average Bonchev–Trinajstić information content (AvgIpc) is 4.05. The summed E-state index contributed by atoms with van der Waals surface area (Å²) in [6.45, 7) is 0.446. The molecule has 0 saturated carbocycles. The highest BCUT2D eigenvalue weighted by atomic mass is 127. The minimum atomic E-state index is -1.52. The van der Waals surface area contributed by atoms with E-state index in [0.29, 0.717) is 51.4 Å². The van der Waals surface area contributed by atoms with Gasteiger partial charge in [0.05, 0.1) is 33.2 Å². The van der Waals surface area contributed by atoms with Gasteiger partial charge in [-0.25, -0.2) is 27.5 Å². The molecule has 9 rings (SSSR count). The molecule has 0 spiro atoms. The average molecular weight is 875 g/mol. The fourth-order valence-corrected chi connectivity index (χ4v) is 7.88. The van der Waals surface area contributed by atoms with Crippen molar-refractivity contribution in [2.24, 2.45) is 0 Å². The molecule has 0 aliphatic carbocycles. The van der Waals surface area contributed by atoms with E-state index in [2.05, 4.69) is 37.5 Å². The van der Waals surface area contributed by atoms with Crippen LogP contribution in [0.5, 0.6) is 5.75 Å². The minimum Gasteiger partial charge on any atom is -0.489 e. The summed E-state index contributed by atoms with van der Waals surface area (Å²) in [7, 11) is 0. The summed E-state index contributed by atoms with van der Waals surface area (Å²) in [5.41, 5.74) is 6.00. The Bertz CT molecular complexity index is 2860. The second-order valence-corrected chi connectivity index (χ2v) is 15.3. The lowest BCUT2D eigenvalue weighted by molar-refractivity contribution is 0.306. The van der Waals surface area contributed by atoms with Gasteiger partial charge in [-0.15, -0.1) is 0 Å². The molecule has 5 nitrogen and oxygen atoms in total. The highest BCUT2D eigenvalue weighted by Gasteiger charge is 2.29. The van der Waals surface area contributed by atoms with E-state index in [9.17, 15) is 0 Å². The summed E-state index contributed by atoms with van der Waals surface area (Å²) in [4.78, 5) is 15.9. The Morgan fingerprint density at radius 3 is 1.75 bits per heavy atom. The monoisotopic (exact) mass is 874 g/mol. The molecule has 2 aliphatic rings. The Labute approximate surface area is 336 Å². The van der Waals surface area contributed by atoms with E-state index < -0.39 is 33.7 Å². The Balaban J connectivity index is 1.17. The van der Waals surface area contributed by atoms with Gasteiger partial charge in [-0.05, 0) is 131 Å². The van der Waals surface area contributed by atoms with Crippen molar-refractivity contribution >= 4 is 80.7 Å². The van der Waals surface area contributed by atoms with Gasteiger partial charge in [0, 0.05) is 41.7 Å². The third-order valence-electron chi connectivity index (χ3n) is 9.30. The Hall–Kier alpha value is -5.92. The molecule has 0 unspecified atom stereocenters. The van der Waals surface area contributed by atoms with E-state index in [4.69, 9.17) is 9.72 Å². The topological polar surface area (TPSA) is 66.6 Å². The number of benzene rings is 4. The van der Waals surface area contributed by atoms with Gasteiger partial charge < -0.3 is 14.7 Å². The molecule has 11 heteroatoms. The maximum absolute atomic E-state index is 16.1. The number of rotatable bonds is 7. The van der Waals surface area contributed by atoms with Gasteiger partial charge in [-0.1, -0.05) is 54.2 Å². The number of nitrogens with zero attached hydrogens (tertiary/aromatic N) is 2. The summed E-state index contributed by atoms with van der Waals surface area (Å²) in [5, 5.41) is 0. The zero-order chi connectivity index (χ0) is 38.3. The van der Waals surface area contributed by atoms with E-state index in [1.54, 1.807) is 66.7 Å². The van der Waals surface area contributed by atoms with Crippen LogP contribution in [-0.4, -0.2) is 19.9 Å². The Kier molecular flexibility index (Phi) is 9.55. The van der Waals surface area contributed by atoms with Crippen LogP contribution < -0.4 is 4.74 Å². The summed E-state index contributed by atoms with van der Waals surface area (Å²) in [6, 6.07) is 35.0. The van der Waals surface area contributed by atoms with Crippen LogP contribution in [0.1, 0.15) is 28.3 Å². The summed E-state index contributed by atoms with van der Waals surface area (Å²) in [6.07, 6.45) is 7.03. The maximum Gasteiger partial charge on any atom is 0.176 e. The standard InChI is InChI=1S/C45H27F4IN4OS/c46-41-40(42(47)44(49)45(43(41)48)56-33-4-2-1-3-5-33)39-36-20-14-30(53-36)22-28-12-18-34(51-28)38(35-19-13-29(52-35)23-31-15-21-37(39)54-31)26-8-16-32(17-9-26)55-24-25-6-10-27(50)11-7-25/h1-23,51,54H,24H2. The fraction of sp³-hybridized carbons (Fsp3) is 0.0222. The zero-order valence-electron chi connectivity index (χ0n) is 29.1. The molecular formula is C45H27F4IN4OS. The maximum atomic E-state index is 16.1. The van der Waals surface area contributed by atoms with E-state index >= 15 is 17.6 Å². The van der Waals surface area contributed by atoms with Gasteiger partial charge in [0.25, 0.3) is 0 Å². The quantitative estimate of drug-likeness (QED) is 0.0951. The van der Waals surface area contributed by atoms with Crippen LogP contribution in [-0.2, 0) is 6.61 Å². The first-order valence-electron chi connectivity index (χ1n) is 17.4. The number of hydrogen-bond donors (Lipinski definition) is 2. The molecule has 5 heterocycles. The van der Waals surface area contributed by atoms with E-state index in [-0.39, 0.29) is 16.8 Å². The molecule has 7 aromatic rings. The highest BCUT2D eigenvalue weighted by Crippen LogP contribution is 2.42. The van der Waals surface area contributed by atoms with Gasteiger partial charge in [0.1, 0.15) is 12.4 Å². The first-order valence-corrected chi connectivity index (χ1v) is 19.3. The second kappa shape index (κ2) is 15.0. The van der Waals surface area contributed by atoms with Crippen molar-refractivity contribution in [2.45, 2.75) is 16.4 Å². The van der Waals surface area contributed by atoms with E-state index in [1.807, 2.05) is 72.8 Å². The lowest BCUT2D eigenvalue weighted by Gasteiger charge is -2.13. The molecule has 8 bridgehead atoms. The largest absolute Gasteiger partial charge is 0.489 e. The SMILES string of the molecule is Fc1c(F)c(-c2c3nc(cc4ccc([nH]4)c(-c4ccc(OCc5ccc(I)cc5)cc4)c4nc(cc5ccc2[nH]5)C=C4)C=C3)c(F)c(F)c1Sc1ccccc1. The number of ether oxygens (including phenoxy) is 1. The van der Waals surface area contributed by atoms with Crippen molar-refractivity contribution in [3.63, 3.8) is 0 Å². The number of halogens is 5. The third kappa shape index (κ3) is 7.03. The molecule has 3 aromatic heterocycles. The number of fused-ring (bicyclic) bond motifs is 8. The Morgan fingerprint density at radius 1 is 0.571 bits per heavy atom. The first-order chi connectivity index (χ1) is 27.3. The number of nitrogens with one attached hydrogen (secondary N) is 2. The number of aromatic nitrogens is 4. The summed E-state index contributed by atoms with van der Waals surface area (Å²) >= 11 is 2.89. The van der Waals surface area contributed by atoms with Gasteiger partial charge in [0.2, 0.25) is 0 Å². The molecule has 0 amide bonds. The van der Waals surface area contributed by atoms with Crippen molar-refractivity contribution < 1.29 is 22.3 Å². The summed E-state index contributed by atoms with van der Waals surface area (Å²) in [5.74, 6) is -5.30. The van der Waals surface area contributed by atoms with E-state index in [1.165, 1.54) is 0 Å². The lowest BCUT2D eigenvalue weighted by atomic mass is 10.0. The van der Waals surface area contributed by atoms with Crippen molar-refractivity contribution in [2.75, 3.05) is 0 Å². The van der Waals surface area contributed by atoms with Crippen LogP contribution in [0.3, 0.4) is 0 Å². The van der Waals surface area contributed by atoms with Gasteiger partial charge in [0.15, 0.2) is 23.3 Å². The van der Waals surface area contributed by atoms with Gasteiger partial charge >= 0.3 is 0 Å². The molecule has 0 atom stereocenters. The molecular weight excluding hydrogens is 847 g/mol. The normalized spacial score (nSPS) is 12.0. The van der Waals surface area contributed by atoms with Gasteiger partial charge in [-0.2, -0.15) is 0 Å². The van der Waals surface area contributed by atoms with Crippen LogP contribution in [0, 0.1) is 26.8 Å². The highest BCUT2D eigenvalue weighted by molar-refractivity contribution is 14.1. The van der Waals surface area contributed by atoms with Gasteiger partial charge in [-0.3, -0.25) is 0 Å². The third-order valence-corrected chi connectivity index (χ3v) is 11.1. The number of H-pyrrole nitrogens is 2. The molecule has 0 saturated heterocycles. The predicted molar refractivity (Wildman–Crippen MR) is 224 cm³/mol. The molecule has 0 fully saturated rings. The van der Waals surface area contributed by atoms with Crippen LogP contribution in [0.15, 0.2) is 125 Å². The van der Waals surface area contributed by atoms with Crippen molar-refractivity contribution in [1.82, 2.24) is 19.9 Å². The Morgan fingerprint density at radius 2 is 1.14 bits per heavy atom. The lowest BCUT2D eigenvalue weighted by Crippen LogP contribution is -2.04. The first kappa shape index (κ1) is 35.8. The summed E-state index contributed by atoms with van der Waals surface area (Å²) < 4.78 is 71.0. The molecule has 4 aromatic carbocycles. The van der Waals surface area contributed by atoms with Crippen LogP contribution >= 0.6 is 34.4 Å². The molecule has 56 heavy (non-hydrogen) atoms. The van der Waals surface area contributed by atoms with Crippen LogP contribution in [0.25, 0.3) is 68.6 Å². The van der Waals surface area contributed by atoms with Crippen LogP contribution in [0.2, 0.25) is 0 Å². The fourth-order valence-electron chi connectivity index (χ4n) is 6.63. The molecule has 0 radical (unpaired) electrons.